The van der Waals surface area contributed by atoms with Crippen LogP contribution in [0.4, 0.5) is 4.79 Å². The van der Waals surface area contributed by atoms with Crippen molar-refractivity contribution in [3.8, 4) is 11.1 Å². The van der Waals surface area contributed by atoms with Crippen LogP contribution in [0.25, 0.3) is 11.1 Å². The van der Waals surface area contributed by atoms with Gasteiger partial charge < -0.3 is 54.0 Å². The van der Waals surface area contributed by atoms with E-state index in [9.17, 15) is 39.0 Å². The SMILES string of the molecule is CC(=O)O[C@H]1C(=O)[C@@]2(C)[C@H]([C@H](OC(=O)c3ccccc3)[C@]3(O)C[C@H](OC(=O)[C@H](OC(=O)CNC(=O)OCC4c5ccccc5-c5ccccc54)[C@@H](NC(=O)c4ccccc4)c4ccccc4)C(C)=C1C3(C)C)[C@]1(OC(C)=O)CO[C@@H]1C[C@@H]2O. The third-order valence-corrected chi connectivity index (χ3v) is 17.4. The van der Waals surface area contributed by atoms with E-state index in [4.69, 9.17) is 33.2 Å². The maximum Gasteiger partial charge on any atom is 0.407 e. The number of nitrogens with one attached hydrogen (secondary N) is 2. The fourth-order valence-electron chi connectivity index (χ4n) is 13.3. The molecule has 19 heteroatoms. The summed E-state index contributed by atoms with van der Waals surface area (Å²) in [5, 5.41) is 31.6. The number of alkyl carbamates (subject to hydrolysis) is 1. The highest BCUT2D eigenvalue weighted by Crippen LogP contribution is 2.64. The Morgan fingerprint density at radius 2 is 1.31 bits per heavy atom. The molecule has 432 valence electrons. The molecule has 2 saturated carbocycles. The minimum absolute atomic E-state index is 0.0223. The van der Waals surface area contributed by atoms with E-state index in [2.05, 4.69) is 10.6 Å². The zero-order chi connectivity index (χ0) is 59.2. The van der Waals surface area contributed by atoms with Gasteiger partial charge in [-0.15, -0.1) is 0 Å². The van der Waals surface area contributed by atoms with E-state index in [1.54, 1.807) is 66.7 Å². The van der Waals surface area contributed by atoms with Gasteiger partial charge in [-0.1, -0.05) is 129 Å². The summed E-state index contributed by atoms with van der Waals surface area (Å²) < 4.78 is 42.7. The molecule has 10 rings (SSSR count). The zero-order valence-corrected chi connectivity index (χ0v) is 46.5. The Labute approximate surface area is 478 Å². The van der Waals surface area contributed by atoms with Gasteiger partial charge in [0.05, 0.1) is 29.6 Å². The van der Waals surface area contributed by atoms with Gasteiger partial charge in [0, 0.05) is 43.6 Å². The van der Waals surface area contributed by atoms with Crippen molar-refractivity contribution in [3.05, 3.63) is 178 Å². The Morgan fingerprint density at radius 3 is 1.89 bits per heavy atom. The summed E-state index contributed by atoms with van der Waals surface area (Å²) in [6.07, 6.45) is -12.2. The van der Waals surface area contributed by atoms with Crippen LogP contribution in [-0.4, -0.2) is 125 Å². The number of aliphatic hydroxyl groups excluding tert-OH is 1. The molecule has 0 aromatic heterocycles. The van der Waals surface area contributed by atoms with E-state index in [0.29, 0.717) is 0 Å². The summed E-state index contributed by atoms with van der Waals surface area (Å²) in [7, 11) is 0. The minimum atomic E-state index is -2.52. The number of ether oxygens (including phenoxy) is 7. The maximum atomic E-state index is 15.9. The highest BCUT2D eigenvalue weighted by atomic mass is 16.6. The molecule has 5 aromatic carbocycles. The number of hydrogen-bond acceptors (Lipinski definition) is 17. The third kappa shape index (κ3) is 10.3. The topological polar surface area (TPSA) is 266 Å². The number of hydrogen-bond donors (Lipinski definition) is 4. The maximum absolute atomic E-state index is 15.9. The molecule has 3 fully saturated rings. The van der Waals surface area contributed by atoms with Gasteiger partial charge in [0.1, 0.15) is 43.1 Å². The molecule has 0 spiro atoms. The first kappa shape index (κ1) is 57.7. The second kappa shape index (κ2) is 22.7. The number of fused-ring (bicyclic) bond motifs is 8. The van der Waals surface area contributed by atoms with Crippen molar-refractivity contribution in [2.24, 2.45) is 16.7 Å². The number of aliphatic hydroxyl groups is 2. The number of carbonyl (C=O) groups is 8. The van der Waals surface area contributed by atoms with E-state index < -0.39 is 131 Å². The number of rotatable bonds is 15. The highest BCUT2D eigenvalue weighted by Gasteiger charge is 2.78. The van der Waals surface area contributed by atoms with Gasteiger partial charge >= 0.3 is 35.9 Å². The molecule has 1 saturated heterocycles. The highest BCUT2D eigenvalue weighted by molar-refractivity contribution is 5.97. The first-order valence-corrected chi connectivity index (χ1v) is 27.4. The molecule has 83 heavy (non-hydrogen) atoms. The fourth-order valence-corrected chi connectivity index (χ4v) is 13.3. The number of amides is 2. The first-order chi connectivity index (χ1) is 39.6. The Hall–Kier alpha value is -8.52. The van der Waals surface area contributed by atoms with Crippen molar-refractivity contribution in [2.75, 3.05) is 19.8 Å². The molecular formula is C64H64N2O17. The summed E-state index contributed by atoms with van der Waals surface area (Å²) in [4.78, 5) is 114. The lowest BCUT2D eigenvalue weighted by Crippen LogP contribution is -2.82. The zero-order valence-electron chi connectivity index (χ0n) is 46.5. The van der Waals surface area contributed by atoms with Gasteiger partial charge in [-0.25, -0.2) is 14.4 Å². The van der Waals surface area contributed by atoms with E-state index in [0.717, 1.165) is 36.1 Å². The van der Waals surface area contributed by atoms with E-state index in [1.165, 1.54) is 52.0 Å². The van der Waals surface area contributed by atoms with Gasteiger partial charge in [0.25, 0.3) is 5.91 Å². The standard InChI is InChI=1S/C64H64N2O17/c1-35-46(31-64(76)56(82-58(73)40-24-14-9-15-25-40)54-62(6,47(69)30-48-63(54,34-78-48)83-37(3)68)55(71)52(79-36(2)67)50(35)61(64,4)5)80-59(74)53(51(38-20-10-7-11-21-38)66-57(72)39-22-12-8-13-23-39)81-49(70)32-65-60(75)77-33-45-43-28-18-16-26-41(43)42-27-17-19-29-44(42)45/h7-29,45-48,51-54,56,69,76H,30-34H2,1-6H3,(H,65,75)(H,66,72)/t46-,47-,48+,51-,52+,53+,54-,56-,62+,63-,64+/m0/s1. The minimum Gasteiger partial charge on any atom is -0.455 e. The Balaban J connectivity index is 1.03. The van der Waals surface area contributed by atoms with Crippen LogP contribution in [0.2, 0.25) is 0 Å². The predicted octanol–water partition coefficient (Wildman–Crippen LogP) is 6.83. The van der Waals surface area contributed by atoms with Crippen LogP contribution in [0.1, 0.15) is 104 Å². The molecule has 4 N–H and O–H groups in total. The lowest BCUT2D eigenvalue weighted by Gasteiger charge is -2.67. The Morgan fingerprint density at radius 1 is 0.735 bits per heavy atom. The van der Waals surface area contributed by atoms with E-state index >= 15 is 9.59 Å². The van der Waals surface area contributed by atoms with Gasteiger partial charge in [-0.2, -0.15) is 0 Å². The second-order valence-electron chi connectivity index (χ2n) is 22.5. The Bertz CT molecular complexity index is 3360. The average molecular weight is 1130 g/mol. The molecule has 5 aliphatic rings. The summed E-state index contributed by atoms with van der Waals surface area (Å²) in [5.74, 6) is -8.79. The predicted molar refractivity (Wildman–Crippen MR) is 295 cm³/mol. The monoisotopic (exact) mass is 1130 g/mol. The fraction of sp³-hybridized carbons (Fsp3) is 0.375. The molecule has 19 nitrogen and oxygen atoms in total. The first-order valence-electron chi connectivity index (χ1n) is 27.4. The van der Waals surface area contributed by atoms with Crippen molar-refractivity contribution in [1.82, 2.24) is 10.6 Å². The summed E-state index contributed by atoms with van der Waals surface area (Å²) >= 11 is 0. The number of ketones is 1. The molecule has 2 bridgehead atoms. The van der Waals surface area contributed by atoms with Gasteiger partial charge in [-0.3, -0.25) is 24.0 Å². The van der Waals surface area contributed by atoms with Crippen LogP contribution in [0.3, 0.4) is 0 Å². The van der Waals surface area contributed by atoms with Gasteiger partial charge in [0.15, 0.2) is 17.5 Å². The molecule has 4 aliphatic carbocycles. The molecule has 5 aromatic rings. The van der Waals surface area contributed by atoms with Crippen LogP contribution in [0, 0.1) is 16.7 Å². The lowest BCUT2D eigenvalue weighted by atomic mass is 9.44. The molecule has 0 unspecified atom stereocenters. The molecule has 0 radical (unpaired) electrons. The summed E-state index contributed by atoms with van der Waals surface area (Å²) in [5.41, 5.74) is -3.92. The quantitative estimate of drug-likeness (QED) is 0.0476. The van der Waals surface area contributed by atoms with Crippen LogP contribution >= 0.6 is 0 Å². The van der Waals surface area contributed by atoms with Crippen LogP contribution in [0.15, 0.2) is 151 Å². The van der Waals surface area contributed by atoms with Gasteiger partial charge in [0.2, 0.25) is 6.10 Å². The van der Waals surface area contributed by atoms with Crippen LogP contribution in [-0.2, 0) is 57.1 Å². The van der Waals surface area contributed by atoms with E-state index in [-0.39, 0.29) is 53.4 Å². The van der Waals surface area contributed by atoms with Crippen molar-refractivity contribution in [3.63, 3.8) is 0 Å². The molecule has 1 aliphatic heterocycles. The molecular weight excluding hydrogens is 1070 g/mol. The van der Waals surface area contributed by atoms with Gasteiger partial charge in [-0.05, 0) is 77.1 Å². The van der Waals surface area contributed by atoms with Crippen molar-refractivity contribution in [1.29, 1.82) is 0 Å². The van der Waals surface area contributed by atoms with Crippen LogP contribution in [0.5, 0.6) is 0 Å². The molecule has 11 atom stereocenters. The Kier molecular flexibility index (Phi) is 15.8. The van der Waals surface area contributed by atoms with Crippen LogP contribution < -0.4 is 10.6 Å². The lowest BCUT2D eigenvalue weighted by molar-refractivity contribution is -0.346. The largest absolute Gasteiger partial charge is 0.455 e. The normalized spacial score (nSPS) is 27.1. The molecule has 1 heterocycles. The second-order valence-corrected chi connectivity index (χ2v) is 22.5. The number of esters is 5. The van der Waals surface area contributed by atoms with Crippen molar-refractivity contribution >= 4 is 47.6 Å². The number of benzene rings is 5. The molecule has 2 amide bonds. The summed E-state index contributed by atoms with van der Waals surface area (Å²) in [6.45, 7) is 6.84. The smallest absolute Gasteiger partial charge is 0.407 e. The summed E-state index contributed by atoms with van der Waals surface area (Å²) in [6, 6.07) is 37.8. The van der Waals surface area contributed by atoms with E-state index in [1.807, 2.05) is 48.5 Å². The van der Waals surface area contributed by atoms with Crippen molar-refractivity contribution in [2.45, 2.75) is 114 Å². The number of carbonyl (C=O) groups excluding carboxylic acids is 8. The number of Topliss-reactive ketones (excluding diaryl/α,β-unsaturated/α-hetero) is 1. The third-order valence-electron chi connectivity index (χ3n) is 17.4. The average Bonchev–Trinajstić information content (AvgIpc) is 1.18. The van der Waals surface area contributed by atoms with Crippen molar-refractivity contribution < 1.29 is 81.7 Å².